The summed E-state index contributed by atoms with van der Waals surface area (Å²) in [6.45, 7) is 5.55. The summed E-state index contributed by atoms with van der Waals surface area (Å²) in [5.41, 5.74) is 0.988. The molecule has 1 fully saturated rings. The molecule has 6 nitrogen and oxygen atoms in total. The SMILES string of the molecule is CCCOc1cn(-c2ccc(F)cc2)nc1C(=O)N1CCN(C)CC1. The van der Waals surface area contributed by atoms with Crippen molar-refractivity contribution < 1.29 is 13.9 Å². The number of halogens is 1. The molecule has 0 saturated carbocycles. The van der Waals surface area contributed by atoms with Gasteiger partial charge < -0.3 is 14.5 Å². The normalized spacial score (nSPS) is 15.4. The molecule has 0 spiro atoms. The molecule has 0 unspecified atom stereocenters. The Morgan fingerprint density at radius 2 is 1.88 bits per heavy atom. The Balaban J connectivity index is 1.88. The van der Waals surface area contributed by atoms with E-state index in [-0.39, 0.29) is 11.7 Å². The summed E-state index contributed by atoms with van der Waals surface area (Å²) < 4.78 is 20.4. The van der Waals surface area contributed by atoms with Crippen LogP contribution in [0.1, 0.15) is 23.8 Å². The van der Waals surface area contributed by atoms with Gasteiger partial charge in [-0.15, -0.1) is 0 Å². The van der Waals surface area contributed by atoms with Crippen molar-refractivity contribution in [2.45, 2.75) is 13.3 Å². The average molecular weight is 346 g/mol. The zero-order chi connectivity index (χ0) is 17.8. The standard InChI is InChI=1S/C18H23FN4O2/c1-3-12-25-16-13-23(15-6-4-14(19)5-7-15)20-17(16)18(24)22-10-8-21(2)9-11-22/h4-7,13H,3,8-12H2,1-2H3. The molecule has 0 bridgehead atoms. The number of carbonyl (C=O) groups excluding carboxylic acids is 1. The van der Waals surface area contributed by atoms with Crippen LogP contribution in [0.15, 0.2) is 30.5 Å². The highest BCUT2D eigenvalue weighted by atomic mass is 19.1. The molecule has 1 aromatic carbocycles. The van der Waals surface area contributed by atoms with Crippen molar-refractivity contribution in [3.8, 4) is 11.4 Å². The second-order valence-corrected chi connectivity index (χ2v) is 6.21. The van der Waals surface area contributed by atoms with Crippen LogP contribution in [0, 0.1) is 5.82 Å². The van der Waals surface area contributed by atoms with Crippen LogP contribution in [0.5, 0.6) is 5.75 Å². The first kappa shape index (κ1) is 17.4. The molecule has 3 rings (SSSR count). The Kier molecular flexibility index (Phi) is 5.33. The minimum absolute atomic E-state index is 0.125. The number of hydrogen-bond acceptors (Lipinski definition) is 4. The lowest BCUT2D eigenvalue weighted by Gasteiger charge is -2.32. The van der Waals surface area contributed by atoms with Crippen molar-refractivity contribution in [1.29, 1.82) is 0 Å². The quantitative estimate of drug-likeness (QED) is 0.833. The van der Waals surface area contributed by atoms with Gasteiger partial charge in [0.2, 0.25) is 0 Å². The van der Waals surface area contributed by atoms with Gasteiger partial charge in [-0.2, -0.15) is 5.10 Å². The van der Waals surface area contributed by atoms with Crippen molar-refractivity contribution in [1.82, 2.24) is 19.6 Å². The molecule has 134 valence electrons. The lowest BCUT2D eigenvalue weighted by atomic mass is 10.3. The molecule has 1 saturated heterocycles. The second-order valence-electron chi connectivity index (χ2n) is 6.21. The smallest absolute Gasteiger partial charge is 0.278 e. The van der Waals surface area contributed by atoms with Crippen LogP contribution in [0.25, 0.3) is 5.69 Å². The zero-order valence-electron chi connectivity index (χ0n) is 14.6. The maximum Gasteiger partial charge on any atom is 0.278 e. The molecule has 0 radical (unpaired) electrons. The van der Waals surface area contributed by atoms with E-state index in [1.165, 1.54) is 12.1 Å². The van der Waals surface area contributed by atoms with Gasteiger partial charge in [0, 0.05) is 26.2 Å². The molecule has 0 atom stereocenters. The number of rotatable bonds is 5. The molecular weight excluding hydrogens is 323 g/mol. The summed E-state index contributed by atoms with van der Waals surface area (Å²) in [5.74, 6) is 0.0299. The topological polar surface area (TPSA) is 50.6 Å². The summed E-state index contributed by atoms with van der Waals surface area (Å²) in [7, 11) is 2.04. The third-order valence-electron chi connectivity index (χ3n) is 4.23. The highest BCUT2D eigenvalue weighted by molar-refractivity contribution is 5.95. The third-order valence-corrected chi connectivity index (χ3v) is 4.23. The fourth-order valence-electron chi connectivity index (χ4n) is 2.71. The maximum absolute atomic E-state index is 13.1. The van der Waals surface area contributed by atoms with Crippen LogP contribution in [0.3, 0.4) is 0 Å². The van der Waals surface area contributed by atoms with Crippen LogP contribution in [0.4, 0.5) is 4.39 Å². The fourth-order valence-corrected chi connectivity index (χ4v) is 2.71. The van der Waals surface area contributed by atoms with Crippen molar-refractivity contribution in [2.75, 3.05) is 39.8 Å². The number of carbonyl (C=O) groups is 1. The Bertz CT molecular complexity index is 721. The van der Waals surface area contributed by atoms with Gasteiger partial charge in [-0.1, -0.05) is 6.92 Å². The summed E-state index contributed by atoms with van der Waals surface area (Å²) >= 11 is 0. The fraction of sp³-hybridized carbons (Fsp3) is 0.444. The number of benzene rings is 1. The minimum atomic E-state index is -0.313. The summed E-state index contributed by atoms with van der Waals surface area (Å²) in [6.07, 6.45) is 2.52. The number of nitrogens with zero attached hydrogens (tertiary/aromatic N) is 4. The molecule has 1 aromatic heterocycles. The van der Waals surface area contributed by atoms with Gasteiger partial charge >= 0.3 is 0 Å². The van der Waals surface area contributed by atoms with Gasteiger partial charge in [0.1, 0.15) is 5.82 Å². The first-order chi connectivity index (χ1) is 12.1. The van der Waals surface area contributed by atoms with E-state index in [0.717, 1.165) is 19.5 Å². The second kappa shape index (κ2) is 7.65. The van der Waals surface area contributed by atoms with Gasteiger partial charge in [0.25, 0.3) is 5.91 Å². The number of piperazine rings is 1. The molecule has 25 heavy (non-hydrogen) atoms. The molecule has 2 heterocycles. The van der Waals surface area contributed by atoms with Crippen LogP contribution < -0.4 is 4.74 Å². The molecule has 7 heteroatoms. The molecule has 0 aliphatic carbocycles. The maximum atomic E-state index is 13.1. The first-order valence-electron chi connectivity index (χ1n) is 8.54. The van der Waals surface area contributed by atoms with E-state index in [2.05, 4.69) is 10.00 Å². The minimum Gasteiger partial charge on any atom is -0.489 e. The predicted octanol–water partition coefficient (Wildman–Crippen LogP) is 2.19. The van der Waals surface area contributed by atoms with Gasteiger partial charge in [-0.05, 0) is 37.7 Å². The highest BCUT2D eigenvalue weighted by Crippen LogP contribution is 2.22. The number of amides is 1. The number of aromatic nitrogens is 2. The number of likely N-dealkylation sites (N-methyl/N-ethyl adjacent to an activating group) is 1. The van der Waals surface area contributed by atoms with Gasteiger partial charge in [0.15, 0.2) is 11.4 Å². The Morgan fingerprint density at radius 3 is 2.52 bits per heavy atom. The molecule has 0 N–H and O–H groups in total. The third kappa shape index (κ3) is 3.99. The predicted molar refractivity (Wildman–Crippen MR) is 92.7 cm³/mol. The number of hydrogen-bond donors (Lipinski definition) is 0. The summed E-state index contributed by atoms with van der Waals surface area (Å²) in [5, 5.41) is 4.42. The molecule has 1 aliphatic rings. The van der Waals surface area contributed by atoms with Crippen LogP contribution >= 0.6 is 0 Å². The van der Waals surface area contributed by atoms with E-state index in [1.807, 2.05) is 14.0 Å². The van der Waals surface area contributed by atoms with Crippen molar-refractivity contribution in [2.24, 2.45) is 0 Å². The Hall–Kier alpha value is -2.41. The highest BCUT2D eigenvalue weighted by Gasteiger charge is 2.26. The van der Waals surface area contributed by atoms with Gasteiger partial charge in [-0.25, -0.2) is 9.07 Å². The van der Waals surface area contributed by atoms with Crippen LogP contribution in [0.2, 0.25) is 0 Å². The van der Waals surface area contributed by atoms with Crippen LogP contribution in [-0.2, 0) is 0 Å². The van der Waals surface area contributed by atoms with Crippen LogP contribution in [-0.4, -0.2) is 65.3 Å². The van der Waals surface area contributed by atoms with Crippen molar-refractivity contribution in [3.63, 3.8) is 0 Å². The van der Waals surface area contributed by atoms with Gasteiger partial charge in [-0.3, -0.25) is 4.79 Å². The average Bonchev–Trinajstić information content (AvgIpc) is 3.04. The van der Waals surface area contributed by atoms with Crippen molar-refractivity contribution >= 4 is 5.91 Å². The largest absolute Gasteiger partial charge is 0.489 e. The van der Waals surface area contributed by atoms with E-state index in [4.69, 9.17) is 4.74 Å². The monoisotopic (exact) mass is 346 g/mol. The summed E-state index contributed by atoms with van der Waals surface area (Å²) in [4.78, 5) is 16.9. The van der Waals surface area contributed by atoms with Gasteiger partial charge in [0.05, 0.1) is 18.5 Å². The molecule has 1 amide bonds. The summed E-state index contributed by atoms with van der Waals surface area (Å²) in [6, 6.07) is 5.98. The Labute approximate surface area is 146 Å². The zero-order valence-corrected chi connectivity index (χ0v) is 14.6. The molecule has 2 aromatic rings. The van der Waals surface area contributed by atoms with E-state index in [1.54, 1.807) is 27.9 Å². The molecule has 1 aliphatic heterocycles. The lowest BCUT2D eigenvalue weighted by Crippen LogP contribution is -2.47. The molecular formula is C18H23FN4O2. The van der Waals surface area contributed by atoms with E-state index < -0.39 is 0 Å². The van der Waals surface area contributed by atoms with E-state index in [9.17, 15) is 9.18 Å². The van der Waals surface area contributed by atoms with Crippen molar-refractivity contribution in [3.05, 3.63) is 42.0 Å². The number of ether oxygens (including phenoxy) is 1. The van der Waals surface area contributed by atoms with E-state index >= 15 is 0 Å². The lowest BCUT2D eigenvalue weighted by molar-refractivity contribution is 0.0653. The van der Waals surface area contributed by atoms with E-state index in [0.29, 0.717) is 36.8 Å². The first-order valence-corrected chi connectivity index (χ1v) is 8.54. The Morgan fingerprint density at radius 1 is 1.20 bits per heavy atom.